The minimum Gasteiger partial charge on any atom is -0.380 e. The zero-order chi connectivity index (χ0) is 16.5. The number of piperidine rings is 1. The number of aromatic nitrogens is 1. The van der Waals surface area contributed by atoms with Crippen LogP contribution in [-0.2, 0) is 0 Å². The Morgan fingerprint density at radius 1 is 1.50 bits per heavy atom. The SMILES string of the molecule is Cc1cnc(C(C)NC(=O)N2CCC(O)(C(F)(F)F)CC2)s1. The van der Waals surface area contributed by atoms with Crippen LogP contribution in [0.3, 0.4) is 0 Å². The number of alkyl halides is 3. The molecule has 0 aromatic carbocycles. The predicted octanol–water partition coefficient (Wildman–Crippen LogP) is 2.61. The Labute approximate surface area is 130 Å². The topological polar surface area (TPSA) is 65.5 Å². The number of halogens is 3. The molecule has 0 aliphatic carbocycles. The maximum atomic E-state index is 12.7. The molecule has 1 unspecified atom stereocenters. The third kappa shape index (κ3) is 3.52. The molecule has 2 rings (SSSR count). The molecule has 2 amide bonds. The van der Waals surface area contributed by atoms with E-state index in [1.165, 1.54) is 16.2 Å². The van der Waals surface area contributed by atoms with Crippen molar-refractivity contribution in [3.63, 3.8) is 0 Å². The lowest BCUT2D eigenvalue weighted by atomic mass is 9.91. The van der Waals surface area contributed by atoms with Crippen LogP contribution in [0.5, 0.6) is 0 Å². The van der Waals surface area contributed by atoms with Crippen molar-refractivity contribution in [2.75, 3.05) is 13.1 Å². The summed E-state index contributed by atoms with van der Waals surface area (Å²) in [6, 6.07) is -0.751. The van der Waals surface area contributed by atoms with Gasteiger partial charge in [0.2, 0.25) is 0 Å². The molecule has 1 saturated heterocycles. The summed E-state index contributed by atoms with van der Waals surface area (Å²) in [5.41, 5.74) is -2.69. The van der Waals surface area contributed by atoms with Gasteiger partial charge in [0.05, 0.1) is 6.04 Å². The lowest BCUT2D eigenvalue weighted by molar-refractivity contribution is -0.271. The number of aryl methyl sites for hydroxylation is 1. The van der Waals surface area contributed by atoms with E-state index in [9.17, 15) is 23.1 Å². The Kier molecular flexibility index (Phi) is 4.67. The minimum atomic E-state index is -4.67. The van der Waals surface area contributed by atoms with E-state index in [0.29, 0.717) is 0 Å². The van der Waals surface area contributed by atoms with Crippen molar-refractivity contribution in [3.05, 3.63) is 16.1 Å². The smallest absolute Gasteiger partial charge is 0.380 e. The van der Waals surface area contributed by atoms with Crippen LogP contribution in [0.15, 0.2) is 6.20 Å². The molecule has 1 aliphatic rings. The number of hydrogen-bond donors (Lipinski definition) is 2. The first-order valence-corrected chi connectivity index (χ1v) is 7.71. The zero-order valence-corrected chi connectivity index (χ0v) is 13.1. The molecular weight excluding hydrogens is 319 g/mol. The van der Waals surface area contributed by atoms with Crippen molar-refractivity contribution in [2.24, 2.45) is 0 Å². The molecule has 1 aliphatic heterocycles. The Hall–Kier alpha value is -1.35. The number of thiazole rings is 1. The molecule has 1 aromatic rings. The Morgan fingerprint density at radius 3 is 2.55 bits per heavy atom. The number of amides is 2. The highest BCUT2D eigenvalue weighted by atomic mass is 32.1. The minimum absolute atomic E-state index is 0.133. The maximum Gasteiger partial charge on any atom is 0.417 e. The largest absolute Gasteiger partial charge is 0.417 e. The normalized spacial score (nSPS) is 19.8. The number of carbonyl (C=O) groups is 1. The van der Waals surface area contributed by atoms with Crippen LogP contribution < -0.4 is 5.32 Å². The standard InChI is InChI=1S/C13H18F3N3O2S/c1-8-7-17-10(22-8)9(2)18-11(20)19-5-3-12(21,4-6-19)13(14,15)16/h7,9,21H,3-6H2,1-2H3,(H,18,20). The summed E-state index contributed by atoms with van der Waals surface area (Å²) in [6.07, 6.45) is -3.97. The summed E-state index contributed by atoms with van der Waals surface area (Å²) in [5, 5.41) is 13.0. The van der Waals surface area contributed by atoms with E-state index in [-0.39, 0.29) is 19.1 Å². The quantitative estimate of drug-likeness (QED) is 0.872. The van der Waals surface area contributed by atoms with Crippen LogP contribution in [0, 0.1) is 6.92 Å². The fourth-order valence-corrected chi connectivity index (χ4v) is 3.05. The first-order valence-electron chi connectivity index (χ1n) is 6.89. The van der Waals surface area contributed by atoms with Gasteiger partial charge in [-0.05, 0) is 13.8 Å². The second kappa shape index (κ2) is 6.04. The molecule has 124 valence electrons. The summed E-state index contributed by atoms with van der Waals surface area (Å²) in [4.78, 5) is 18.6. The second-order valence-electron chi connectivity index (χ2n) is 5.50. The second-order valence-corrected chi connectivity index (χ2v) is 6.76. The molecular formula is C13H18F3N3O2S. The number of aliphatic hydroxyl groups is 1. The first-order chi connectivity index (χ1) is 10.1. The molecule has 9 heteroatoms. The fourth-order valence-electron chi connectivity index (χ4n) is 2.27. The number of nitrogens with one attached hydrogen (secondary N) is 1. The van der Waals surface area contributed by atoms with Crippen LogP contribution >= 0.6 is 11.3 Å². The summed E-state index contributed by atoms with van der Waals surface area (Å²) in [7, 11) is 0. The maximum absolute atomic E-state index is 12.7. The van der Waals surface area contributed by atoms with E-state index < -0.39 is 30.7 Å². The van der Waals surface area contributed by atoms with Gasteiger partial charge in [-0.3, -0.25) is 0 Å². The van der Waals surface area contributed by atoms with E-state index in [2.05, 4.69) is 10.3 Å². The summed E-state index contributed by atoms with van der Waals surface area (Å²) in [5.74, 6) is 0. The average Bonchev–Trinajstić information content (AvgIpc) is 2.85. The van der Waals surface area contributed by atoms with Crippen LogP contribution in [0.4, 0.5) is 18.0 Å². The van der Waals surface area contributed by atoms with E-state index >= 15 is 0 Å². The lowest BCUT2D eigenvalue weighted by Gasteiger charge is -2.39. The van der Waals surface area contributed by atoms with Crippen molar-refractivity contribution in [3.8, 4) is 0 Å². The third-order valence-corrected chi connectivity index (χ3v) is 4.85. The van der Waals surface area contributed by atoms with Crippen molar-refractivity contribution < 1.29 is 23.1 Å². The van der Waals surface area contributed by atoms with E-state index in [1.807, 2.05) is 6.92 Å². The van der Waals surface area contributed by atoms with Crippen LogP contribution in [0.25, 0.3) is 0 Å². The third-order valence-electron chi connectivity index (χ3n) is 3.76. The Balaban J connectivity index is 1.90. The predicted molar refractivity (Wildman–Crippen MR) is 75.6 cm³/mol. The summed E-state index contributed by atoms with van der Waals surface area (Å²) >= 11 is 1.45. The van der Waals surface area contributed by atoms with Gasteiger partial charge >= 0.3 is 12.2 Å². The molecule has 0 spiro atoms. The molecule has 0 bridgehead atoms. The van der Waals surface area contributed by atoms with E-state index in [4.69, 9.17) is 0 Å². The van der Waals surface area contributed by atoms with E-state index in [0.717, 1.165) is 9.88 Å². The molecule has 0 radical (unpaired) electrons. The van der Waals surface area contributed by atoms with Crippen LogP contribution in [-0.4, -0.2) is 45.9 Å². The van der Waals surface area contributed by atoms with Crippen molar-refractivity contribution in [1.29, 1.82) is 0 Å². The Bertz CT molecular complexity index is 539. The van der Waals surface area contributed by atoms with Gasteiger partial charge in [-0.2, -0.15) is 13.2 Å². The average molecular weight is 337 g/mol. The van der Waals surface area contributed by atoms with Crippen LogP contribution in [0.2, 0.25) is 0 Å². The highest BCUT2D eigenvalue weighted by Gasteiger charge is 2.54. The van der Waals surface area contributed by atoms with Gasteiger partial charge in [-0.1, -0.05) is 0 Å². The molecule has 1 fully saturated rings. The monoisotopic (exact) mass is 337 g/mol. The van der Waals surface area contributed by atoms with E-state index in [1.54, 1.807) is 13.1 Å². The summed E-state index contributed by atoms with van der Waals surface area (Å²) < 4.78 is 38.1. The van der Waals surface area contributed by atoms with Gasteiger partial charge in [0.25, 0.3) is 0 Å². The van der Waals surface area contributed by atoms with Gasteiger partial charge in [0.1, 0.15) is 5.01 Å². The van der Waals surface area contributed by atoms with Crippen molar-refractivity contribution in [1.82, 2.24) is 15.2 Å². The highest BCUT2D eigenvalue weighted by Crippen LogP contribution is 2.38. The van der Waals surface area contributed by atoms with Gasteiger partial charge in [0.15, 0.2) is 5.60 Å². The van der Waals surface area contributed by atoms with Gasteiger partial charge in [-0.25, -0.2) is 9.78 Å². The number of carbonyl (C=O) groups excluding carboxylic acids is 1. The molecule has 22 heavy (non-hydrogen) atoms. The highest BCUT2D eigenvalue weighted by molar-refractivity contribution is 7.11. The molecule has 5 nitrogen and oxygen atoms in total. The number of hydrogen-bond acceptors (Lipinski definition) is 4. The lowest BCUT2D eigenvalue weighted by Crippen LogP contribution is -2.56. The first kappa shape index (κ1) is 17.0. The zero-order valence-electron chi connectivity index (χ0n) is 12.3. The van der Waals surface area contributed by atoms with Crippen molar-refractivity contribution in [2.45, 2.75) is 44.5 Å². The molecule has 2 heterocycles. The molecule has 1 atom stereocenters. The molecule has 0 saturated carbocycles. The number of nitrogens with zero attached hydrogens (tertiary/aromatic N) is 2. The number of rotatable bonds is 2. The molecule has 1 aromatic heterocycles. The number of urea groups is 1. The van der Waals surface area contributed by atoms with Crippen LogP contribution in [0.1, 0.15) is 35.7 Å². The number of likely N-dealkylation sites (tertiary alicyclic amines) is 1. The molecule has 2 N–H and O–H groups in total. The van der Waals surface area contributed by atoms with Crippen molar-refractivity contribution >= 4 is 17.4 Å². The van der Waals surface area contributed by atoms with Gasteiger partial charge < -0.3 is 15.3 Å². The van der Waals surface area contributed by atoms with Gasteiger partial charge in [-0.15, -0.1) is 11.3 Å². The summed E-state index contributed by atoms with van der Waals surface area (Å²) in [6.45, 7) is 3.40. The fraction of sp³-hybridized carbons (Fsp3) is 0.692. The Morgan fingerprint density at radius 2 is 2.09 bits per heavy atom. The van der Waals surface area contributed by atoms with Gasteiger partial charge in [0, 0.05) is 37.0 Å².